The van der Waals surface area contributed by atoms with Crippen LogP contribution in [0.2, 0.25) is 0 Å². The van der Waals surface area contributed by atoms with Gasteiger partial charge in [0.1, 0.15) is 5.75 Å². The Morgan fingerprint density at radius 3 is 2.56 bits per heavy atom. The Kier molecular flexibility index (Phi) is 3.01. The van der Waals surface area contributed by atoms with Gasteiger partial charge in [0.25, 0.3) is 0 Å². The summed E-state index contributed by atoms with van der Waals surface area (Å²) in [6, 6.07) is 1.81. The molecule has 2 rings (SSSR count). The number of nitrogens with zero attached hydrogens (tertiary/aromatic N) is 1. The molecule has 0 saturated heterocycles. The Hall–Kier alpha value is -1.29. The van der Waals surface area contributed by atoms with E-state index in [0.29, 0.717) is 5.88 Å². The largest absolute Gasteiger partial charge is 0.496 e. The first-order valence-corrected chi connectivity index (χ1v) is 5.46. The first kappa shape index (κ1) is 11.2. The molecule has 0 atom stereocenters. The van der Waals surface area contributed by atoms with Gasteiger partial charge in [0, 0.05) is 11.6 Å². The van der Waals surface area contributed by atoms with Crippen LogP contribution < -0.4 is 9.47 Å². The molecule has 0 unspecified atom stereocenters. The molecule has 0 amide bonds. The normalized spacial score (nSPS) is 17.7. The Balaban J connectivity index is 2.51. The number of hydrogen-bond donors (Lipinski definition) is 1. The summed E-state index contributed by atoms with van der Waals surface area (Å²) in [5.41, 5.74) is 0.694. The van der Waals surface area contributed by atoms with Crippen LogP contribution in [0, 0.1) is 0 Å². The van der Waals surface area contributed by atoms with Crippen molar-refractivity contribution in [2.45, 2.75) is 24.7 Å². The number of aromatic nitrogens is 1. The van der Waals surface area contributed by atoms with Crippen LogP contribution in [0.5, 0.6) is 11.6 Å². The van der Waals surface area contributed by atoms with Crippen molar-refractivity contribution in [2.75, 3.05) is 20.8 Å². The highest BCUT2D eigenvalue weighted by atomic mass is 16.5. The third-order valence-corrected chi connectivity index (χ3v) is 3.43. The fraction of sp³-hybridized carbons (Fsp3) is 0.583. The van der Waals surface area contributed by atoms with Crippen LogP contribution in [0.4, 0.5) is 0 Å². The molecule has 0 radical (unpaired) electrons. The zero-order valence-corrected chi connectivity index (χ0v) is 9.69. The molecular formula is C12H17NO3. The molecule has 1 fully saturated rings. The number of hydrogen-bond acceptors (Lipinski definition) is 4. The van der Waals surface area contributed by atoms with E-state index >= 15 is 0 Å². The van der Waals surface area contributed by atoms with Crippen LogP contribution >= 0.6 is 0 Å². The lowest BCUT2D eigenvalue weighted by atomic mass is 9.65. The van der Waals surface area contributed by atoms with Crippen molar-refractivity contribution in [1.29, 1.82) is 0 Å². The van der Waals surface area contributed by atoms with Crippen LogP contribution in [-0.4, -0.2) is 30.9 Å². The lowest BCUT2D eigenvalue weighted by Crippen LogP contribution is -2.38. The molecule has 1 heterocycles. The molecule has 1 aromatic heterocycles. The number of aliphatic hydroxyl groups is 1. The van der Waals surface area contributed by atoms with Crippen LogP contribution in [0.25, 0.3) is 0 Å². The second-order valence-corrected chi connectivity index (χ2v) is 4.19. The molecule has 0 bridgehead atoms. The van der Waals surface area contributed by atoms with Crippen molar-refractivity contribution >= 4 is 0 Å². The Labute approximate surface area is 95.2 Å². The minimum absolute atomic E-state index is 0.116. The fourth-order valence-corrected chi connectivity index (χ4v) is 2.33. The van der Waals surface area contributed by atoms with Gasteiger partial charge in [-0.25, -0.2) is 4.98 Å². The quantitative estimate of drug-likeness (QED) is 0.840. The molecule has 88 valence electrons. The molecule has 1 N–H and O–H groups in total. The van der Waals surface area contributed by atoms with Crippen LogP contribution in [-0.2, 0) is 5.41 Å². The average molecular weight is 223 g/mol. The monoisotopic (exact) mass is 223 g/mol. The van der Waals surface area contributed by atoms with Gasteiger partial charge in [0.05, 0.1) is 26.4 Å². The first-order chi connectivity index (χ1) is 7.77. The molecule has 1 saturated carbocycles. The molecule has 0 aliphatic heterocycles. The standard InChI is InChI=1S/C12H17NO3/c1-15-9-4-7-13-11(16-2)10(9)12(8-14)5-3-6-12/h4,7,14H,3,5-6,8H2,1-2H3. The van der Waals surface area contributed by atoms with E-state index in [-0.39, 0.29) is 12.0 Å². The molecule has 4 nitrogen and oxygen atoms in total. The minimum Gasteiger partial charge on any atom is -0.496 e. The van der Waals surface area contributed by atoms with Gasteiger partial charge in [-0.2, -0.15) is 0 Å². The smallest absolute Gasteiger partial charge is 0.220 e. The average Bonchev–Trinajstić information content (AvgIpc) is 2.28. The summed E-state index contributed by atoms with van der Waals surface area (Å²) in [5.74, 6) is 1.31. The third-order valence-electron chi connectivity index (χ3n) is 3.43. The molecule has 0 aromatic carbocycles. The zero-order chi connectivity index (χ0) is 11.6. The molecule has 1 aliphatic rings. The molecule has 1 aliphatic carbocycles. The highest BCUT2D eigenvalue weighted by Gasteiger charge is 2.43. The van der Waals surface area contributed by atoms with Gasteiger partial charge in [0.15, 0.2) is 0 Å². The lowest BCUT2D eigenvalue weighted by Gasteiger charge is -2.41. The summed E-state index contributed by atoms with van der Waals surface area (Å²) in [6.45, 7) is 0.116. The van der Waals surface area contributed by atoms with Gasteiger partial charge >= 0.3 is 0 Å². The topological polar surface area (TPSA) is 51.6 Å². The van der Waals surface area contributed by atoms with Gasteiger partial charge in [-0.1, -0.05) is 6.42 Å². The Morgan fingerprint density at radius 1 is 1.38 bits per heavy atom. The van der Waals surface area contributed by atoms with Crippen molar-refractivity contribution in [1.82, 2.24) is 4.98 Å². The van der Waals surface area contributed by atoms with Crippen molar-refractivity contribution in [3.05, 3.63) is 17.8 Å². The van der Waals surface area contributed by atoms with E-state index in [1.54, 1.807) is 20.4 Å². The highest BCUT2D eigenvalue weighted by Crippen LogP contribution is 2.49. The van der Waals surface area contributed by atoms with Crippen molar-refractivity contribution < 1.29 is 14.6 Å². The minimum atomic E-state index is -0.217. The number of pyridine rings is 1. The van der Waals surface area contributed by atoms with Crippen molar-refractivity contribution in [2.24, 2.45) is 0 Å². The molecule has 4 heteroatoms. The van der Waals surface area contributed by atoms with Crippen LogP contribution in [0.1, 0.15) is 24.8 Å². The van der Waals surface area contributed by atoms with E-state index in [4.69, 9.17) is 9.47 Å². The van der Waals surface area contributed by atoms with Crippen LogP contribution in [0.3, 0.4) is 0 Å². The number of aliphatic hydroxyl groups excluding tert-OH is 1. The van der Waals surface area contributed by atoms with Crippen molar-refractivity contribution in [3.63, 3.8) is 0 Å². The maximum Gasteiger partial charge on any atom is 0.220 e. The summed E-state index contributed by atoms with van der Waals surface area (Å²) in [6.07, 6.45) is 4.70. The van der Waals surface area contributed by atoms with E-state index < -0.39 is 0 Å². The van der Waals surface area contributed by atoms with Crippen LogP contribution in [0.15, 0.2) is 12.3 Å². The molecular weight excluding hydrogens is 206 g/mol. The van der Waals surface area contributed by atoms with Gasteiger partial charge in [-0.15, -0.1) is 0 Å². The molecule has 16 heavy (non-hydrogen) atoms. The van der Waals surface area contributed by atoms with Gasteiger partial charge in [0.2, 0.25) is 5.88 Å². The molecule has 1 aromatic rings. The summed E-state index contributed by atoms with van der Waals surface area (Å²) in [7, 11) is 3.22. The summed E-state index contributed by atoms with van der Waals surface area (Å²) in [5, 5.41) is 9.59. The van der Waals surface area contributed by atoms with Gasteiger partial charge in [-0.3, -0.25) is 0 Å². The van der Waals surface area contributed by atoms with E-state index in [0.717, 1.165) is 30.6 Å². The van der Waals surface area contributed by atoms with E-state index in [1.165, 1.54) is 0 Å². The van der Waals surface area contributed by atoms with E-state index in [9.17, 15) is 5.11 Å². The number of rotatable bonds is 4. The number of ether oxygens (including phenoxy) is 2. The van der Waals surface area contributed by atoms with E-state index in [2.05, 4.69) is 4.98 Å². The summed E-state index contributed by atoms with van der Waals surface area (Å²) in [4.78, 5) is 4.19. The second-order valence-electron chi connectivity index (χ2n) is 4.19. The molecule has 0 spiro atoms. The van der Waals surface area contributed by atoms with Gasteiger partial charge in [-0.05, 0) is 18.9 Å². The summed E-state index contributed by atoms with van der Waals surface area (Å²) < 4.78 is 10.6. The van der Waals surface area contributed by atoms with E-state index in [1.807, 2.05) is 6.07 Å². The van der Waals surface area contributed by atoms with Crippen molar-refractivity contribution in [3.8, 4) is 11.6 Å². The Morgan fingerprint density at radius 2 is 2.12 bits per heavy atom. The maximum absolute atomic E-state index is 9.59. The second kappa shape index (κ2) is 4.29. The Bertz CT molecular complexity index is 347. The maximum atomic E-state index is 9.59. The predicted octanol–water partition coefficient (Wildman–Crippen LogP) is 1.51. The fourth-order valence-electron chi connectivity index (χ4n) is 2.33. The predicted molar refractivity (Wildman–Crippen MR) is 60.0 cm³/mol. The van der Waals surface area contributed by atoms with Gasteiger partial charge < -0.3 is 14.6 Å². The zero-order valence-electron chi connectivity index (χ0n) is 9.69. The lowest BCUT2D eigenvalue weighted by molar-refractivity contribution is 0.113. The SMILES string of the molecule is COc1ccnc(OC)c1C1(CO)CCC1. The third kappa shape index (κ3) is 1.53. The number of methoxy groups -OCH3 is 2. The highest BCUT2D eigenvalue weighted by molar-refractivity contribution is 5.47. The first-order valence-electron chi connectivity index (χ1n) is 5.46. The summed E-state index contributed by atoms with van der Waals surface area (Å²) >= 11 is 0.